The van der Waals surface area contributed by atoms with Crippen LogP contribution in [-0.2, 0) is 28.4 Å². The molecule has 0 saturated heterocycles. The number of amides is 1. The number of ether oxygens (including phenoxy) is 2. The molecule has 1 aliphatic heterocycles. The molecule has 0 spiro atoms. The third-order valence-corrected chi connectivity index (χ3v) is 9.67. The van der Waals surface area contributed by atoms with Crippen LogP contribution in [0.2, 0.25) is 0 Å². The van der Waals surface area contributed by atoms with Crippen molar-refractivity contribution in [2.45, 2.75) is 69.9 Å². The fourth-order valence-corrected chi connectivity index (χ4v) is 6.65. The molecule has 13 nitrogen and oxygen atoms in total. The number of benzene rings is 2. The van der Waals surface area contributed by atoms with Gasteiger partial charge in [0.15, 0.2) is 5.03 Å². The maximum Gasteiger partial charge on any atom is 0.335 e. The summed E-state index contributed by atoms with van der Waals surface area (Å²) in [6.45, 7) is 7.31. The van der Waals surface area contributed by atoms with Crippen molar-refractivity contribution in [3.05, 3.63) is 71.7 Å². The number of aromatic carboxylic acids is 1. The van der Waals surface area contributed by atoms with Crippen LogP contribution < -0.4 is 9.46 Å². The van der Waals surface area contributed by atoms with Gasteiger partial charge in [0.05, 0.1) is 42.3 Å². The van der Waals surface area contributed by atoms with E-state index in [0.717, 1.165) is 18.4 Å². The zero-order valence-electron chi connectivity index (χ0n) is 28.2. The first-order valence-electron chi connectivity index (χ1n) is 16.1. The van der Waals surface area contributed by atoms with Gasteiger partial charge in [0.1, 0.15) is 5.75 Å². The van der Waals surface area contributed by atoms with Crippen molar-refractivity contribution in [2.75, 3.05) is 38.1 Å². The van der Waals surface area contributed by atoms with E-state index >= 15 is 0 Å². The lowest BCUT2D eigenvalue weighted by atomic mass is 10.0. The summed E-state index contributed by atoms with van der Waals surface area (Å²) in [5.41, 5.74) is 1.54. The van der Waals surface area contributed by atoms with Gasteiger partial charge in [0.2, 0.25) is 0 Å². The van der Waals surface area contributed by atoms with Crippen LogP contribution in [0.5, 0.6) is 5.75 Å². The van der Waals surface area contributed by atoms with Gasteiger partial charge in [-0.25, -0.2) is 9.78 Å². The van der Waals surface area contributed by atoms with Crippen molar-refractivity contribution in [1.29, 1.82) is 0 Å². The predicted octanol–water partition coefficient (Wildman–Crippen LogP) is 3.85. The molecule has 4 rings (SSSR count). The van der Waals surface area contributed by atoms with Crippen LogP contribution in [0, 0.1) is 5.92 Å². The van der Waals surface area contributed by atoms with Crippen molar-refractivity contribution in [2.24, 2.45) is 13.0 Å². The second-order valence-corrected chi connectivity index (χ2v) is 14.3. The summed E-state index contributed by atoms with van der Waals surface area (Å²) < 4.78 is 42.8. The second-order valence-electron chi connectivity index (χ2n) is 12.7. The number of fused-ring (bicyclic) bond motifs is 1. The Hall–Kier alpha value is -3.98. The number of carbonyl (C=O) groups is 2. The molecule has 1 aliphatic rings. The Morgan fingerprint density at radius 1 is 1.17 bits per heavy atom. The Labute approximate surface area is 282 Å². The van der Waals surface area contributed by atoms with E-state index < -0.39 is 27.9 Å². The van der Waals surface area contributed by atoms with Gasteiger partial charge < -0.3 is 29.2 Å². The van der Waals surface area contributed by atoms with E-state index in [4.69, 9.17) is 9.47 Å². The molecule has 0 unspecified atom stereocenters. The Bertz CT molecular complexity index is 1650. The largest absolute Gasteiger partial charge is 0.490 e. The molecular weight excluding hydrogens is 638 g/mol. The van der Waals surface area contributed by atoms with Crippen LogP contribution in [0.4, 0.5) is 5.69 Å². The Morgan fingerprint density at radius 3 is 2.54 bits per heavy atom. The highest BCUT2D eigenvalue weighted by Crippen LogP contribution is 2.29. The summed E-state index contributed by atoms with van der Waals surface area (Å²) >= 11 is 0. The minimum absolute atomic E-state index is 0.154. The van der Waals surface area contributed by atoms with Gasteiger partial charge in [-0.2, -0.15) is 8.42 Å². The van der Waals surface area contributed by atoms with Crippen LogP contribution >= 0.6 is 0 Å². The molecule has 0 bridgehead atoms. The van der Waals surface area contributed by atoms with Crippen molar-refractivity contribution in [3.63, 3.8) is 0 Å². The molecule has 3 aromatic rings. The van der Waals surface area contributed by atoms with Gasteiger partial charge >= 0.3 is 5.97 Å². The molecule has 14 heteroatoms. The van der Waals surface area contributed by atoms with Gasteiger partial charge in [0, 0.05) is 51.1 Å². The van der Waals surface area contributed by atoms with Crippen LogP contribution in [0.3, 0.4) is 0 Å². The van der Waals surface area contributed by atoms with Gasteiger partial charge in [-0.3, -0.25) is 14.4 Å². The fourth-order valence-electron chi connectivity index (χ4n) is 5.62. The maximum absolute atomic E-state index is 14.3. The van der Waals surface area contributed by atoms with Crippen molar-refractivity contribution >= 4 is 27.6 Å². The van der Waals surface area contributed by atoms with Crippen molar-refractivity contribution < 1.29 is 37.7 Å². The van der Waals surface area contributed by atoms with E-state index in [1.807, 2.05) is 20.9 Å². The summed E-state index contributed by atoms with van der Waals surface area (Å²) in [5, 5.41) is 19.3. The first kappa shape index (κ1) is 36.8. The molecular formula is C34H47N5O8S. The number of hydrogen-bond acceptors (Lipinski definition) is 9. The number of carbonyl (C=O) groups excluding carboxylic acids is 1. The number of aryl methyl sites for hydroxylation is 1. The van der Waals surface area contributed by atoms with Crippen LogP contribution in [0.1, 0.15) is 66.3 Å². The number of sulfonamides is 1. The normalized spacial score (nSPS) is 20.4. The van der Waals surface area contributed by atoms with E-state index in [2.05, 4.69) is 14.6 Å². The highest BCUT2D eigenvalue weighted by molar-refractivity contribution is 7.92. The SMILES string of the molecule is C[C@H](CO)N1C[C@H](C)[C@H](CN(C)Cc2ccc(C(=O)O)cc2)OCCCC[C@H](C)Oc2ccc(NS(=O)(=O)c3cn(C)cn3)cc2C1=O. The molecule has 262 valence electrons. The molecule has 1 amide bonds. The van der Waals surface area contributed by atoms with Crippen molar-refractivity contribution in [3.8, 4) is 5.75 Å². The molecule has 2 heterocycles. The number of aromatic nitrogens is 2. The standard InChI is InChI=1S/C34H47N5O8S/c1-23-17-39(24(2)21-40)33(41)29-16-28(36-48(44,45)32-20-38(5)22-35-32)13-14-30(29)47-25(3)8-6-7-15-46-31(23)19-37(4)18-26-9-11-27(12-10-26)34(42)43/h9-14,16,20,22-25,31,36,40H,6-8,15,17-19,21H2,1-5H3,(H,42,43)/t23-,24+,25-,31-/m0/s1. The summed E-state index contributed by atoms with van der Waals surface area (Å²) in [7, 11) is -0.386. The number of imidazole rings is 1. The quantitative estimate of drug-likeness (QED) is 0.286. The molecule has 0 saturated carbocycles. The topological polar surface area (TPSA) is 164 Å². The smallest absolute Gasteiger partial charge is 0.335 e. The van der Waals surface area contributed by atoms with E-state index in [-0.39, 0.29) is 53.1 Å². The van der Waals surface area contributed by atoms with E-state index in [9.17, 15) is 28.2 Å². The van der Waals surface area contributed by atoms with E-state index in [0.29, 0.717) is 31.9 Å². The third-order valence-electron chi connectivity index (χ3n) is 8.41. The zero-order chi connectivity index (χ0) is 35.0. The van der Waals surface area contributed by atoms with E-state index in [1.165, 1.54) is 23.2 Å². The Kier molecular flexibility index (Phi) is 12.6. The minimum Gasteiger partial charge on any atom is -0.490 e. The number of nitrogens with zero attached hydrogens (tertiary/aromatic N) is 4. The fraction of sp³-hybridized carbons (Fsp3) is 0.500. The lowest BCUT2D eigenvalue weighted by Crippen LogP contribution is -2.47. The van der Waals surface area contributed by atoms with Crippen LogP contribution in [-0.4, -0.2) is 101 Å². The average molecular weight is 686 g/mol. The molecule has 0 aliphatic carbocycles. The summed E-state index contributed by atoms with van der Waals surface area (Å²) in [6, 6.07) is 10.8. The maximum atomic E-state index is 14.3. The first-order valence-corrected chi connectivity index (χ1v) is 17.6. The van der Waals surface area contributed by atoms with Gasteiger partial charge in [-0.05, 0) is 76.1 Å². The molecule has 3 N–H and O–H groups in total. The third kappa shape index (κ3) is 9.78. The number of likely N-dealkylation sites (N-methyl/N-ethyl adjacent to an activating group) is 1. The number of anilines is 1. The number of aliphatic hydroxyl groups is 1. The average Bonchev–Trinajstić information content (AvgIpc) is 3.49. The number of aliphatic hydroxyl groups excluding tert-OH is 1. The predicted molar refractivity (Wildman–Crippen MR) is 181 cm³/mol. The highest BCUT2D eigenvalue weighted by Gasteiger charge is 2.31. The summed E-state index contributed by atoms with van der Waals surface area (Å²) in [5.74, 6) is -1.21. The molecule has 48 heavy (non-hydrogen) atoms. The van der Waals surface area contributed by atoms with Crippen molar-refractivity contribution in [1.82, 2.24) is 19.4 Å². The number of hydrogen-bond donors (Lipinski definition) is 3. The van der Waals surface area contributed by atoms with E-state index in [1.54, 1.807) is 55.3 Å². The lowest BCUT2D eigenvalue weighted by Gasteiger charge is -2.36. The van der Waals surface area contributed by atoms with Gasteiger partial charge in [-0.1, -0.05) is 19.1 Å². The first-order chi connectivity index (χ1) is 22.8. The molecule has 0 radical (unpaired) electrons. The molecule has 4 atom stereocenters. The van der Waals surface area contributed by atoms with Crippen LogP contribution in [0.25, 0.3) is 0 Å². The van der Waals surface area contributed by atoms with Gasteiger partial charge in [0.25, 0.3) is 15.9 Å². The summed E-state index contributed by atoms with van der Waals surface area (Å²) in [6.07, 6.45) is 4.65. The second kappa shape index (κ2) is 16.4. The monoisotopic (exact) mass is 685 g/mol. The molecule has 1 aromatic heterocycles. The Morgan fingerprint density at radius 2 is 1.90 bits per heavy atom. The van der Waals surface area contributed by atoms with Crippen LogP contribution in [0.15, 0.2) is 60.0 Å². The summed E-state index contributed by atoms with van der Waals surface area (Å²) in [4.78, 5) is 33.2. The minimum atomic E-state index is -4.02. The molecule has 2 aromatic carbocycles. The lowest BCUT2D eigenvalue weighted by molar-refractivity contribution is -0.0177. The van der Waals surface area contributed by atoms with Gasteiger partial charge in [-0.15, -0.1) is 0 Å². The number of carboxylic acids is 1. The number of rotatable bonds is 10. The number of nitrogens with one attached hydrogen (secondary N) is 1. The highest BCUT2D eigenvalue weighted by atomic mass is 32.2. The molecule has 0 fully saturated rings. The Balaban J connectivity index is 1.61. The zero-order valence-corrected chi connectivity index (χ0v) is 29.0. The number of carboxylic acid groups (broad SMARTS) is 1.